The third kappa shape index (κ3) is 2.01. The van der Waals surface area contributed by atoms with Gasteiger partial charge in [0.1, 0.15) is 7.85 Å². The van der Waals surface area contributed by atoms with Gasteiger partial charge in [-0.1, -0.05) is 48.2 Å². The smallest absolute Gasteiger partial charge is 0.0966 e. The van der Waals surface area contributed by atoms with Crippen LogP contribution in [-0.2, 0) is 0 Å². The molecule has 50 valence electrons. The number of rotatable bonds is 2. The number of benzene rings is 1. The van der Waals surface area contributed by atoms with Gasteiger partial charge in [-0.2, -0.15) is 0 Å². The molecule has 0 amide bonds. The van der Waals surface area contributed by atoms with Crippen molar-refractivity contribution in [2.45, 2.75) is 6.32 Å². The largest absolute Gasteiger partial charge is 0.113 e. The standard InChI is InChI=1S/C9H8B2/c1-7(6-10)8-2-4-9(11)5-3-8/h2-5H,1,6H2. The summed E-state index contributed by atoms with van der Waals surface area (Å²) in [6.07, 6.45) is 0.490. The van der Waals surface area contributed by atoms with E-state index < -0.39 is 0 Å². The van der Waals surface area contributed by atoms with Gasteiger partial charge in [-0.05, 0) is 5.56 Å². The molecule has 4 radical (unpaired) electrons. The van der Waals surface area contributed by atoms with Crippen LogP contribution in [0.5, 0.6) is 0 Å². The highest BCUT2D eigenvalue weighted by Gasteiger charge is 1.93. The summed E-state index contributed by atoms with van der Waals surface area (Å²) in [4.78, 5) is 0. The Kier molecular flexibility index (Phi) is 2.58. The normalized spacial score (nSPS) is 9.45. The summed E-state index contributed by atoms with van der Waals surface area (Å²) in [5, 5.41) is 0. The lowest BCUT2D eigenvalue weighted by molar-refractivity contribution is 1.60. The van der Waals surface area contributed by atoms with E-state index in [1.165, 1.54) is 0 Å². The summed E-state index contributed by atoms with van der Waals surface area (Å²) in [7, 11) is 10.9. The van der Waals surface area contributed by atoms with Crippen molar-refractivity contribution in [2.24, 2.45) is 0 Å². The first-order valence-electron chi connectivity index (χ1n) is 3.48. The molecule has 0 heterocycles. The van der Waals surface area contributed by atoms with Crippen LogP contribution in [0.2, 0.25) is 6.32 Å². The highest BCUT2D eigenvalue weighted by atomic mass is 14.0. The molecule has 0 spiro atoms. The zero-order valence-electron chi connectivity index (χ0n) is 6.38. The molecule has 0 nitrogen and oxygen atoms in total. The summed E-state index contributed by atoms with van der Waals surface area (Å²) in [5.74, 6) is 0. The van der Waals surface area contributed by atoms with E-state index >= 15 is 0 Å². The minimum Gasteiger partial charge on any atom is -0.0966 e. The van der Waals surface area contributed by atoms with E-state index in [1.807, 2.05) is 24.3 Å². The minimum absolute atomic E-state index is 0.490. The van der Waals surface area contributed by atoms with Crippen LogP contribution in [0.4, 0.5) is 0 Å². The molecule has 0 bridgehead atoms. The molecule has 0 saturated carbocycles. The second kappa shape index (κ2) is 3.47. The average molecular weight is 138 g/mol. The van der Waals surface area contributed by atoms with Gasteiger partial charge in [0.05, 0.1) is 7.85 Å². The molecule has 1 rings (SSSR count). The van der Waals surface area contributed by atoms with Crippen molar-refractivity contribution in [1.82, 2.24) is 0 Å². The van der Waals surface area contributed by atoms with Gasteiger partial charge in [-0.3, -0.25) is 0 Å². The SMILES string of the molecule is [B]CC(=C)c1ccc([B])cc1. The Bertz CT molecular complexity index is 249. The zero-order chi connectivity index (χ0) is 8.27. The second-order valence-corrected chi connectivity index (χ2v) is 2.43. The van der Waals surface area contributed by atoms with Crippen molar-refractivity contribution in [3.63, 3.8) is 0 Å². The molecular weight excluding hydrogens is 130 g/mol. The van der Waals surface area contributed by atoms with Gasteiger partial charge in [-0.25, -0.2) is 0 Å². The Hall–Kier alpha value is -0.910. The van der Waals surface area contributed by atoms with E-state index in [9.17, 15) is 0 Å². The van der Waals surface area contributed by atoms with Crippen molar-refractivity contribution in [1.29, 1.82) is 0 Å². The first-order chi connectivity index (χ1) is 5.24. The summed E-state index contributed by atoms with van der Waals surface area (Å²) in [6, 6.07) is 7.53. The summed E-state index contributed by atoms with van der Waals surface area (Å²) in [6.45, 7) is 3.81. The molecule has 0 unspecified atom stereocenters. The predicted octanol–water partition coefficient (Wildman–Crippen LogP) is 1.08. The second-order valence-electron chi connectivity index (χ2n) is 2.43. The first-order valence-corrected chi connectivity index (χ1v) is 3.48. The summed E-state index contributed by atoms with van der Waals surface area (Å²) in [5.41, 5.74) is 2.75. The highest BCUT2D eigenvalue weighted by molar-refractivity contribution is 6.32. The van der Waals surface area contributed by atoms with Gasteiger partial charge >= 0.3 is 0 Å². The lowest BCUT2D eigenvalue weighted by Gasteiger charge is -2.02. The van der Waals surface area contributed by atoms with E-state index in [0.717, 1.165) is 16.6 Å². The molecule has 0 N–H and O–H groups in total. The average Bonchev–Trinajstić information content (AvgIpc) is 2.05. The van der Waals surface area contributed by atoms with Gasteiger partial charge in [-0.15, -0.1) is 0 Å². The maximum absolute atomic E-state index is 5.51. The monoisotopic (exact) mass is 138 g/mol. The molecule has 0 aliphatic carbocycles. The molecule has 0 saturated heterocycles. The van der Waals surface area contributed by atoms with Gasteiger partial charge in [0.25, 0.3) is 0 Å². The lowest BCUT2D eigenvalue weighted by Crippen LogP contribution is -1.99. The van der Waals surface area contributed by atoms with E-state index in [0.29, 0.717) is 6.32 Å². The van der Waals surface area contributed by atoms with E-state index in [1.54, 1.807) is 0 Å². The van der Waals surface area contributed by atoms with Crippen molar-refractivity contribution in [2.75, 3.05) is 0 Å². The maximum Gasteiger partial charge on any atom is 0.113 e. The molecule has 11 heavy (non-hydrogen) atoms. The number of hydrogen-bond acceptors (Lipinski definition) is 0. The highest BCUT2D eigenvalue weighted by Crippen LogP contribution is 2.12. The van der Waals surface area contributed by atoms with Crippen molar-refractivity contribution < 1.29 is 0 Å². The van der Waals surface area contributed by atoms with E-state index in [2.05, 4.69) is 6.58 Å². The lowest BCUT2D eigenvalue weighted by atomic mass is 9.89. The van der Waals surface area contributed by atoms with Crippen LogP contribution < -0.4 is 5.46 Å². The number of hydrogen-bond donors (Lipinski definition) is 0. The van der Waals surface area contributed by atoms with Gasteiger partial charge in [0, 0.05) is 0 Å². The van der Waals surface area contributed by atoms with E-state index in [-0.39, 0.29) is 0 Å². The fourth-order valence-corrected chi connectivity index (χ4v) is 0.837. The molecule has 0 aliphatic heterocycles. The quantitative estimate of drug-likeness (QED) is 0.536. The van der Waals surface area contributed by atoms with Crippen LogP contribution >= 0.6 is 0 Å². The van der Waals surface area contributed by atoms with Gasteiger partial charge < -0.3 is 0 Å². The molecule has 0 aromatic heterocycles. The molecule has 1 aromatic rings. The first kappa shape index (κ1) is 8.19. The van der Waals surface area contributed by atoms with Gasteiger partial charge in [0.2, 0.25) is 0 Å². The Balaban J connectivity index is 2.90. The maximum atomic E-state index is 5.51. The van der Waals surface area contributed by atoms with Crippen molar-refractivity contribution >= 4 is 26.7 Å². The van der Waals surface area contributed by atoms with Crippen molar-refractivity contribution in [3.05, 3.63) is 36.4 Å². The molecule has 0 aliphatic rings. The molecule has 0 atom stereocenters. The third-order valence-electron chi connectivity index (χ3n) is 1.57. The van der Waals surface area contributed by atoms with Crippen LogP contribution in [0.1, 0.15) is 5.56 Å². The van der Waals surface area contributed by atoms with Crippen LogP contribution in [0.3, 0.4) is 0 Å². The molecule has 2 heteroatoms. The fraction of sp³-hybridized carbons (Fsp3) is 0.111. The van der Waals surface area contributed by atoms with Crippen LogP contribution in [0.15, 0.2) is 30.8 Å². The predicted molar refractivity (Wildman–Crippen MR) is 51.4 cm³/mol. The van der Waals surface area contributed by atoms with Crippen LogP contribution in [-0.4, -0.2) is 15.7 Å². The summed E-state index contributed by atoms with van der Waals surface area (Å²) < 4.78 is 0. The fourth-order valence-electron chi connectivity index (χ4n) is 0.837. The minimum atomic E-state index is 0.490. The number of allylic oxidation sites excluding steroid dienone is 1. The Labute approximate surface area is 70.1 Å². The third-order valence-corrected chi connectivity index (χ3v) is 1.57. The summed E-state index contributed by atoms with van der Waals surface area (Å²) >= 11 is 0. The molecule has 1 aromatic carbocycles. The van der Waals surface area contributed by atoms with Crippen LogP contribution in [0, 0.1) is 0 Å². The Morgan fingerprint density at radius 2 is 1.82 bits per heavy atom. The topological polar surface area (TPSA) is 0 Å². The zero-order valence-corrected chi connectivity index (χ0v) is 6.38. The molecular formula is C9H8B2. The Morgan fingerprint density at radius 1 is 1.27 bits per heavy atom. The van der Waals surface area contributed by atoms with E-state index in [4.69, 9.17) is 15.7 Å². The van der Waals surface area contributed by atoms with Crippen LogP contribution in [0.25, 0.3) is 5.57 Å². The van der Waals surface area contributed by atoms with Crippen molar-refractivity contribution in [3.8, 4) is 0 Å². The Morgan fingerprint density at radius 3 is 2.27 bits per heavy atom. The van der Waals surface area contributed by atoms with Gasteiger partial charge in [0.15, 0.2) is 0 Å². The molecule has 0 fully saturated rings.